The van der Waals surface area contributed by atoms with Crippen molar-refractivity contribution in [3.63, 3.8) is 0 Å². The number of nitrogens with one attached hydrogen (secondary N) is 1. The number of hydrogen-bond acceptors (Lipinski definition) is 2. The molecule has 0 saturated carbocycles. The number of hydrogen-bond donors (Lipinski definition) is 1. The van der Waals surface area contributed by atoms with Crippen LogP contribution in [0, 0.1) is 4.78 Å². The maximum atomic E-state index is 8.57. The molecule has 0 aliphatic heterocycles. The Bertz CT molecular complexity index is 522. The zero-order valence-electron chi connectivity index (χ0n) is 9.13. The molecular formula is C13H14N2S. The molecule has 0 aliphatic carbocycles. The highest BCUT2D eigenvalue weighted by molar-refractivity contribution is 7.94. The fraction of sp³-hybridized carbons (Fsp3) is 0.0769. The Labute approximate surface area is 96.6 Å². The molecule has 0 saturated heterocycles. The molecule has 0 radical (unpaired) electrons. The molecule has 82 valence electrons. The second-order valence-corrected chi connectivity index (χ2v) is 5.86. The molecule has 2 aromatic carbocycles. The SMILES string of the molecule is CN=S(=N)(c1ccccc1)c1ccccc1. The van der Waals surface area contributed by atoms with Gasteiger partial charge < -0.3 is 0 Å². The third-order valence-corrected chi connectivity index (χ3v) is 4.90. The molecular weight excluding hydrogens is 216 g/mol. The summed E-state index contributed by atoms with van der Waals surface area (Å²) in [5.41, 5.74) is 0. The van der Waals surface area contributed by atoms with Gasteiger partial charge in [0.15, 0.2) is 0 Å². The molecule has 0 amide bonds. The van der Waals surface area contributed by atoms with Crippen LogP contribution in [0.2, 0.25) is 0 Å². The fourth-order valence-electron chi connectivity index (χ4n) is 1.58. The van der Waals surface area contributed by atoms with Crippen LogP contribution in [0.25, 0.3) is 0 Å². The Morgan fingerprint density at radius 3 is 1.50 bits per heavy atom. The molecule has 0 spiro atoms. The lowest BCUT2D eigenvalue weighted by Gasteiger charge is -2.13. The lowest BCUT2D eigenvalue weighted by atomic mass is 10.4. The molecule has 0 aromatic heterocycles. The molecule has 0 aliphatic rings. The van der Waals surface area contributed by atoms with Gasteiger partial charge in [-0.1, -0.05) is 36.4 Å². The Morgan fingerprint density at radius 1 is 0.812 bits per heavy atom. The van der Waals surface area contributed by atoms with Crippen LogP contribution >= 0.6 is 0 Å². The molecule has 3 heteroatoms. The van der Waals surface area contributed by atoms with E-state index < -0.39 is 9.62 Å². The van der Waals surface area contributed by atoms with E-state index in [0.717, 1.165) is 9.79 Å². The summed E-state index contributed by atoms with van der Waals surface area (Å²) >= 11 is 0. The summed E-state index contributed by atoms with van der Waals surface area (Å²) in [6.07, 6.45) is 0. The van der Waals surface area contributed by atoms with Crippen molar-refractivity contribution < 1.29 is 0 Å². The second kappa shape index (κ2) is 4.49. The van der Waals surface area contributed by atoms with Gasteiger partial charge in [-0.2, -0.15) is 0 Å². The molecule has 0 fully saturated rings. The highest BCUT2D eigenvalue weighted by Crippen LogP contribution is 2.23. The highest BCUT2D eigenvalue weighted by Gasteiger charge is 2.08. The minimum Gasteiger partial charge on any atom is -0.261 e. The van der Waals surface area contributed by atoms with Crippen LogP contribution in [0.3, 0.4) is 0 Å². The van der Waals surface area contributed by atoms with E-state index in [1.807, 2.05) is 60.7 Å². The number of rotatable bonds is 2. The van der Waals surface area contributed by atoms with Gasteiger partial charge in [-0.15, -0.1) is 0 Å². The third kappa shape index (κ3) is 1.86. The van der Waals surface area contributed by atoms with Crippen molar-refractivity contribution >= 4 is 9.62 Å². The van der Waals surface area contributed by atoms with Crippen molar-refractivity contribution in [1.29, 1.82) is 4.78 Å². The summed E-state index contributed by atoms with van der Waals surface area (Å²) in [6.45, 7) is 0. The van der Waals surface area contributed by atoms with Crippen molar-refractivity contribution in [2.75, 3.05) is 7.05 Å². The van der Waals surface area contributed by atoms with Crippen LogP contribution in [0.4, 0.5) is 0 Å². The average molecular weight is 230 g/mol. The summed E-state index contributed by atoms with van der Waals surface area (Å²) in [6, 6.07) is 19.7. The summed E-state index contributed by atoms with van der Waals surface area (Å²) < 4.78 is 12.9. The Hall–Kier alpha value is -1.61. The zero-order chi connectivity index (χ0) is 11.4. The molecule has 16 heavy (non-hydrogen) atoms. The minimum atomic E-state index is -1.96. The van der Waals surface area contributed by atoms with Crippen molar-refractivity contribution in [2.24, 2.45) is 4.36 Å². The van der Waals surface area contributed by atoms with Gasteiger partial charge >= 0.3 is 0 Å². The van der Waals surface area contributed by atoms with E-state index >= 15 is 0 Å². The van der Waals surface area contributed by atoms with Crippen LogP contribution in [0.15, 0.2) is 74.8 Å². The molecule has 2 aromatic rings. The first kappa shape index (κ1) is 10.9. The second-order valence-electron chi connectivity index (χ2n) is 3.39. The van der Waals surface area contributed by atoms with E-state index in [0.29, 0.717) is 0 Å². The van der Waals surface area contributed by atoms with Gasteiger partial charge in [0.1, 0.15) is 0 Å². The molecule has 2 rings (SSSR count). The van der Waals surface area contributed by atoms with E-state index in [1.54, 1.807) is 7.05 Å². The van der Waals surface area contributed by atoms with Crippen LogP contribution in [-0.4, -0.2) is 7.05 Å². The van der Waals surface area contributed by atoms with Gasteiger partial charge in [0.2, 0.25) is 0 Å². The van der Waals surface area contributed by atoms with Crippen LogP contribution in [0.5, 0.6) is 0 Å². The van der Waals surface area contributed by atoms with Gasteiger partial charge in [-0.25, -0.2) is 4.36 Å². The Kier molecular flexibility index (Phi) is 3.06. The third-order valence-electron chi connectivity index (χ3n) is 2.44. The topological polar surface area (TPSA) is 36.2 Å². The molecule has 0 unspecified atom stereocenters. The predicted octanol–water partition coefficient (Wildman–Crippen LogP) is 3.83. The largest absolute Gasteiger partial charge is 0.261 e. The molecule has 2 nitrogen and oxygen atoms in total. The van der Waals surface area contributed by atoms with E-state index in [4.69, 9.17) is 4.78 Å². The van der Waals surface area contributed by atoms with Crippen LogP contribution in [0.1, 0.15) is 0 Å². The van der Waals surface area contributed by atoms with E-state index in [2.05, 4.69) is 4.36 Å². The molecule has 0 heterocycles. The van der Waals surface area contributed by atoms with Gasteiger partial charge in [0.25, 0.3) is 0 Å². The fourth-order valence-corrected chi connectivity index (χ4v) is 3.38. The smallest absolute Gasteiger partial charge is 0.0364 e. The Balaban J connectivity index is 2.64. The summed E-state index contributed by atoms with van der Waals surface area (Å²) in [4.78, 5) is 1.95. The van der Waals surface area contributed by atoms with Gasteiger partial charge in [-0.05, 0) is 33.9 Å². The van der Waals surface area contributed by atoms with Crippen molar-refractivity contribution in [2.45, 2.75) is 9.79 Å². The first-order chi connectivity index (χ1) is 7.77. The van der Waals surface area contributed by atoms with Crippen LogP contribution in [-0.2, 0) is 9.62 Å². The quantitative estimate of drug-likeness (QED) is 0.814. The summed E-state index contributed by atoms with van der Waals surface area (Å²) in [5, 5.41) is 0. The van der Waals surface area contributed by atoms with Crippen LogP contribution < -0.4 is 0 Å². The minimum absolute atomic E-state index is 0.976. The standard InChI is InChI=1S/C13H14N2S/c1-15-16(14,12-8-4-2-5-9-12)13-10-6-3-7-11-13/h2-11,14H,1H3. The number of nitrogens with zero attached hydrogens (tertiary/aromatic N) is 1. The lowest BCUT2D eigenvalue weighted by molar-refractivity contribution is 1.30. The normalized spacial score (nSPS) is 11.1. The Morgan fingerprint density at radius 2 is 1.19 bits per heavy atom. The molecule has 0 bridgehead atoms. The van der Waals surface area contributed by atoms with Crippen molar-refractivity contribution in [1.82, 2.24) is 0 Å². The predicted molar refractivity (Wildman–Crippen MR) is 67.9 cm³/mol. The lowest BCUT2D eigenvalue weighted by Crippen LogP contribution is -1.99. The van der Waals surface area contributed by atoms with E-state index in [1.165, 1.54) is 0 Å². The average Bonchev–Trinajstić information content (AvgIpc) is 2.40. The van der Waals surface area contributed by atoms with Gasteiger partial charge in [0, 0.05) is 16.8 Å². The zero-order valence-corrected chi connectivity index (χ0v) is 9.95. The monoisotopic (exact) mass is 230 g/mol. The summed E-state index contributed by atoms with van der Waals surface area (Å²) in [7, 11) is -0.235. The van der Waals surface area contributed by atoms with Crippen molar-refractivity contribution in [3.05, 3.63) is 60.7 Å². The summed E-state index contributed by atoms with van der Waals surface area (Å²) in [5.74, 6) is 0. The number of benzene rings is 2. The van der Waals surface area contributed by atoms with E-state index in [9.17, 15) is 0 Å². The van der Waals surface area contributed by atoms with Gasteiger partial charge in [-0.3, -0.25) is 4.78 Å². The highest BCUT2D eigenvalue weighted by atomic mass is 32.2. The molecule has 1 N–H and O–H groups in total. The van der Waals surface area contributed by atoms with E-state index in [-0.39, 0.29) is 0 Å². The maximum Gasteiger partial charge on any atom is 0.0364 e. The van der Waals surface area contributed by atoms with Gasteiger partial charge in [0.05, 0.1) is 0 Å². The first-order valence-electron chi connectivity index (χ1n) is 5.06. The molecule has 0 atom stereocenters. The first-order valence-corrected chi connectivity index (χ1v) is 6.65. The van der Waals surface area contributed by atoms with Crippen molar-refractivity contribution in [3.8, 4) is 0 Å². The maximum absolute atomic E-state index is 8.57.